The molecule has 0 aliphatic carbocycles. The summed E-state index contributed by atoms with van der Waals surface area (Å²) < 4.78 is 167. The standard InChI is InChI=1S/C24H20F4N2O6S.C17H15FN4O3.C17H17FN2O3.C7H7ClO2S.C6H15N/c25-14-5-10-22-19(11-14)30(18-3-1-2-4-21(18)35-22)20-13-34-12-17(23(20)31)29-37(32,33)16-8-6-15(7-9-16)36-24(26,27)28;18-10-5-6-16-13(7-10)22(12-3-1-2-4-15(12)25-16)14-9-24-8-11(17(14)23)20-21-19;18-10-5-6-16-13(7-10)20(12-3-1-2-4-15(12)23-16)14-9-22-8-11(19)17(14)21;1-6-2-4-7(5-3-6)11(8,9)10;1-4-7(5-2)6-3/h1-11,17,20,23,29,31H,12-13H2;1-7,11,14,17,23H,8-9H2;1-7,11,14,17,21H,8-9,19H2;2-5H,1H3;4-6H2,1-3H3/t17-,20+,23+;2*11-,14+,17+;;/m111../s1. The largest absolute Gasteiger partial charge is 0.573 e. The number of nitrogens with zero attached hydrogens (tertiary/aromatic N) is 7. The van der Waals surface area contributed by atoms with Gasteiger partial charge in [-0.25, -0.2) is 34.7 Å². The van der Waals surface area contributed by atoms with E-state index in [0.717, 1.165) is 35.5 Å². The first kappa shape index (κ1) is 76.7. The Balaban J connectivity index is 0.000000151. The number of fused-ring (bicyclic) bond motifs is 6. The number of benzene rings is 8. The zero-order valence-corrected chi connectivity index (χ0v) is 58.2. The number of aliphatic hydroxyl groups excluding tert-OH is 3. The first-order valence-corrected chi connectivity index (χ1v) is 36.3. The molecule has 6 aliphatic heterocycles. The Labute approximate surface area is 595 Å². The number of azide groups is 1. The second kappa shape index (κ2) is 33.7. The van der Waals surface area contributed by atoms with E-state index in [1.165, 1.54) is 74.2 Å². The van der Waals surface area contributed by atoms with Crippen LogP contribution in [0.5, 0.6) is 40.2 Å². The number of rotatable bonds is 12. The van der Waals surface area contributed by atoms with E-state index in [1.807, 2.05) is 54.3 Å². The molecular formula is C71H74ClF6N9O14S2. The minimum Gasteiger partial charge on any atom is -0.453 e. The number of hydrogen-bond acceptors (Lipinski definition) is 20. The molecule has 3 fully saturated rings. The van der Waals surface area contributed by atoms with E-state index in [-0.39, 0.29) is 42.0 Å². The quantitative estimate of drug-likeness (QED) is 0.0250. The summed E-state index contributed by atoms with van der Waals surface area (Å²) >= 11 is 0. The SMILES string of the molecule is CCN(CC)CC.Cc1ccc(S(=O)(=O)Cl)cc1.N[C@@H]1COC[C@H](N2c3ccccc3Oc3ccc(F)cc32)[C@H]1O.O=S(=O)(N[C@@H]1COC[C@H](N2c3ccccc3Oc3ccc(F)cc32)[C@H]1O)c1ccc(OC(F)(F)F)cc1.[N-]=[N+]=N[C@@H]1COC[C@H](N2c3ccccc3Oc3ccc(F)cc32)[C@H]1O. The molecule has 3 saturated heterocycles. The lowest BCUT2D eigenvalue weighted by Gasteiger charge is -2.44. The minimum atomic E-state index is -4.92. The van der Waals surface area contributed by atoms with E-state index in [0.29, 0.717) is 76.1 Å². The van der Waals surface area contributed by atoms with Crippen molar-refractivity contribution in [2.45, 2.75) is 98.4 Å². The molecule has 6 aliphatic rings. The first-order valence-electron chi connectivity index (χ1n) is 32.5. The van der Waals surface area contributed by atoms with Crippen molar-refractivity contribution >= 4 is 63.9 Å². The van der Waals surface area contributed by atoms with Gasteiger partial charge in [0.15, 0.2) is 34.5 Å². The van der Waals surface area contributed by atoms with E-state index < -0.39 is 97.4 Å². The maximum absolute atomic E-state index is 14.2. The van der Waals surface area contributed by atoms with Crippen LogP contribution in [-0.2, 0) is 33.3 Å². The maximum atomic E-state index is 14.2. The lowest BCUT2D eigenvalue weighted by Crippen LogP contribution is -2.60. The average molecular weight is 1490 g/mol. The van der Waals surface area contributed by atoms with Crippen LogP contribution in [0.15, 0.2) is 191 Å². The molecule has 8 aromatic carbocycles. The Morgan fingerprint density at radius 3 is 1.35 bits per heavy atom. The van der Waals surface area contributed by atoms with Gasteiger partial charge in [0.25, 0.3) is 9.05 Å². The number of nitrogens with two attached hydrogens (primary N) is 1. The number of sulfonamides is 1. The van der Waals surface area contributed by atoms with Gasteiger partial charge in [-0.3, -0.25) is 0 Å². The van der Waals surface area contributed by atoms with Crippen LogP contribution < -0.4 is 44.1 Å². The Morgan fingerprint density at radius 1 is 0.553 bits per heavy atom. The number of nitrogens with one attached hydrogen (secondary N) is 1. The normalized spacial score (nSPS) is 21.5. The van der Waals surface area contributed by atoms with Crippen molar-refractivity contribution in [2.24, 2.45) is 10.8 Å². The van der Waals surface area contributed by atoms with Gasteiger partial charge in [0, 0.05) is 33.8 Å². The van der Waals surface area contributed by atoms with E-state index in [2.05, 4.69) is 45.2 Å². The number of halogens is 7. The van der Waals surface area contributed by atoms with Crippen LogP contribution in [0, 0.1) is 24.4 Å². The Morgan fingerprint density at radius 2 is 0.942 bits per heavy atom. The molecule has 548 valence electrons. The Kier molecular flexibility index (Phi) is 25.1. The Hall–Kier alpha value is -8.92. The number of anilines is 6. The molecule has 0 saturated carbocycles. The molecule has 0 amide bonds. The van der Waals surface area contributed by atoms with Gasteiger partial charge in [0.1, 0.15) is 23.2 Å². The van der Waals surface area contributed by atoms with Crippen molar-refractivity contribution in [1.82, 2.24) is 9.62 Å². The highest BCUT2D eigenvalue weighted by atomic mass is 35.7. The predicted octanol–water partition coefficient (Wildman–Crippen LogP) is 13.0. The summed E-state index contributed by atoms with van der Waals surface area (Å²) in [6, 6.07) is 40.1. The third-order valence-corrected chi connectivity index (χ3v) is 20.2. The van der Waals surface area contributed by atoms with Crippen LogP contribution in [0.25, 0.3) is 10.4 Å². The zero-order chi connectivity index (χ0) is 73.9. The van der Waals surface area contributed by atoms with E-state index in [9.17, 15) is 58.5 Å². The molecule has 6 N–H and O–H groups in total. The molecule has 0 unspecified atom stereocenters. The third-order valence-electron chi connectivity index (χ3n) is 17.3. The molecule has 0 bridgehead atoms. The number of para-hydroxylation sites is 6. The molecule has 0 spiro atoms. The first-order chi connectivity index (χ1) is 49.2. The van der Waals surface area contributed by atoms with Gasteiger partial charge >= 0.3 is 6.36 Å². The fraction of sp³-hybridized carbons (Fsp3) is 0.324. The summed E-state index contributed by atoms with van der Waals surface area (Å²) in [5.41, 5.74) is 19.0. The summed E-state index contributed by atoms with van der Waals surface area (Å²) in [5.74, 6) is 1.18. The molecule has 23 nitrogen and oxygen atoms in total. The van der Waals surface area contributed by atoms with Gasteiger partial charge in [0.05, 0.1) is 138 Å². The van der Waals surface area contributed by atoms with Gasteiger partial charge in [-0.1, -0.05) is 80.0 Å². The smallest absolute Gasteiger partial charge is 0.453 e. The fourth-order valence-corrected chi connectivity index (χ4v) is 14.1. The minimum absolute atomic E-state index is 0.00679. The summed E-state index contributed by atoms with van der Waals surface area (Å²) in [5, 5.41) is 36.1. The number of hydrogen-bond donors (Lipinski definition) is 5. The van der Waals surface area contributed by atoms with Crippen molar-refractivity contribution in [3.05, 3.63) is 209 Å². The van der Waals surface area contributed by atoms with Crippen LogP contribution >= 0.6 is 10.7 Å². The second-order valence-electron chi connectivity index (χ2n) is 24.0. The molecule has 0 aromatic heterocycles. The van der Waals surface area contributed by atoms with Gasteiger partial charge in [-0.15, -0.1) is 13.2 Å². The topological polar surface area (TPSA) is 293 Å². The van der Waals surface area contributed by atoms with Crippen molar-refractivity contribution in [1.29, 1.82) is 0 Å². The number of aryl methyl sites for hydroxylation is 1. The lowest BCUT2D eigenvalue weighted by molar-refractivity contribution is -0.274. The van der Waals surface area contributed by atoms with Gasteiger partial charge in [0.2, 0.25) is 10.0 Å². The van der Waals surface area contributed by atoms with Crippen LogP contribution in [0.3, 0.4) is 0 Å². The zero-order valence-electron chi connectivity index (χ0n) is 55.8. The van der Waals surface area contributed by atoms with Gasteiger partial charge in [-0.05, 0) is 141 Å². The van der Waals surface area contributed by atoms with Crippen LogP contribution in [0.2, 0.25) is 0 Å². The summed E-state index contributed by atoms with van der Waals surface area (Å²) in [7, 11) is -2.73. The van der Waals surface area contributed by atoms with E-state index in [1.54, 1.807) is 64.4 Å². The van der Waals surface area contributed by atoms with E-state index >= 15 is 0 Å². The molecule has 0 radical (unpaired) electrons. The van der Waals surface area contributed by atoms with Gasteiger partial charge in [-0.2, -0.15) is 0 Å². The van der Waals surface area contributed by atoms with E-state index in [4.69, 9.17) is 50.4 Å². The van der Waals surface area contributed by atoms with Crippen molar-refractivity contribution in [3.63, 3.8) is 0 Å². The monoisotopic (exact) mass is 1490 g/mol. The van der Waals surface area contributed by atoms with Crippen LogP contribution in [0.1, 0.15) is 26.3 Å². The number of alkyl halides is 3. The predicted molar refractivity (Wildman–Crippen MR) is 373 cm³/mol. The highest BCUT2D eigenvalue weighted by Gasteiger charge is 2.44. The molecule has 14 rings (SSSR count). The summed E-state index contributed by atoms with van der Waals surface area (Å²) in [6.45, 7) is 12.8. The molecule has 6 heterocycles. The lowest BCUT2D eigenvalue weighted by atomic mass is 9.98. The molecule has 103 heavy (non-hydrogen) atoms. The third kappa shape index (κ3) is 18.5. The molecule has 32 heteroatoms. The van der Waals surface area contributed by atoms with Crippen molar-refractivity contribution in [3.8, 4) is 40.2 Å². The Bertz CT molecular complexity index is 4510. The highest BCUT2D eigenvalue weighted by molar-refractivity contribution is 8.13. The van der Waals surface area contributed by atoms with Crippen molar-refractivity contribution in [2.75, 3.05) is 74.0 Å². The molecule has 8 aromatic rings. The van der Waals surface area contributed by atoms with Crippen LogP contribution in [-0.4, -0.2) is 157 Å². The molecule has 9 atom stereocenters. The summed E-state index contributed by atoms with van der Waals surface area (Å²) in [4.78, 5) is 10.3. The molecular weight excluding hydrogens is 1420 g/mol. The van der Waals surface area contributed by atoms with Gasteiger partial charge < -0.3 is 73.8 Å². The second-order valence-corrected chi connectivity index (χ2v) is 28.3. The number of aliphatic hydroxyl groups is 3. The maximum Gasteiger partial charge on any atom is 0.573 e. The van der Waals surface area contributed by atoms with Crippen molar-refractivity contribution < 1.29 is 91.7 Å². The summed E-state index contributed by atoms with van der Waals surface area (Å²) in [6.07, 6.45) is -7.99. The fourth-order valence-electron chi connectivity index (χ4n) is 12.1. The van der Waals surface area contributed by atoms with Crippen LogP contribution in [0.4, 0.5) is 60.5 Å². The number of ether oxygens (including phenoxy) is 7. The average Bonchev–Trinajstić information content (AvgIpc) is 0.763. The highest BCUT2D eigenvalue weighted by Crippen LogP contribution is 2.52.